The average Bonchev–Trinajstić information content (AvgIpc) is 2.72. The molecular weight excluding hydrogens is 404 g/mol. The standard InChI is InChI=1S/C23H29F2N3O3/c1-3-30-21-18(11-26-22(27-21)31-4-2)23(29)16-6-5-7-17(23)14-28(13-16)12-15-8-9-19(24)20(25)10-15/h8-11,16-17,29H,3-7,12-14H2,1-2H3/t16-,17-/m1/s1. The Bertz CT molecular complexity index is 913. The van der Waals surface area contributed by atoms with E-state index in [2.05, 4.69) is 14.9 Å². The summed E-state index contributed by atoms with van der Waals surface area (Å²) in [5.41, 5.74) is 0.236. The van der Waals surface area contributed by atoms with Crippen molar-refractivity contribution in [3.63, 3.8) is 0 Å². The van der Waals surface area contributed by atoms with Crippen LogP contribution in [0.3, 0.4) is 0 Å². The molecule has 2 fully saturated rings. The van der Waals surface area contributed by atoms with Gasteiger partial charge in [-0.1, -0.05) is 12.5 Å². The van der Waals surface area contributed by atoms with Crippen LogP contribution >= 0.6 is 0 Å². The molecule has 8 heteroatoms. The van der Waals surface area contributed by atoms with Crippen molar-refractivity contribution in [3.8, 4) is 11.9 Å². The van der Waals surface area contributed by atoms with Crippen LogP contribution in [0.25, 0.3) is 0 Å². The number of ether oxygens (including phenoxy) is 2. The second-order valence-corrected chi connectivity index (χ2v) is 8.33. The number of aliphatic hydroxyl groups is 1. The van der Waals surface area contributed by atoms with Gasteiger partial charge < -0.3 is 14.6 Å². The molecular formula is C23H29F2N3O3. The van der Waals surface area contributed by atoms with E-state index in [1.807, 2.05) is 13.8 Å². The van der Waals surface area contributed by atoms with Crippen molar-refractivity contribution in [3.05, 3.63) is 47.2 Å². The Balaban J connectivity index is 1.60. The summed E-state index contributed by atoms with van der Waals surface area (Å²) >= 11 is 0. The van der Waals surface area contributed by atoms with E-state index < -0.39 is 17.2 Å². The quantitative estimate of drug-likeness (QED) is 0.719. The zero-order chi connectivity index (χ0) is 22.0. The van der Waals surface area contributed by atoms with E-state index in [9.17, 15) is 13.9 Å². The molecule has 2 aliphatic rings. The molecule has 1 aromatic heterocycles. The minimum Gasteiger partial charge on any atom is -0.478 e. The lowest BCUT2D eigenvalue weighted by Crippen LogP contribution is -2.58. The van der Waals surface area contributed by atoms with Gasteiger partial charge in [-0.25, -0.2) is 13.8 Å². The highest BCUT2D eigenvalue weighted by Gasteiger charge is 2.53. The zero-order valence-electron chi connectivity index (χ0n) is 18.0. The molecule has 1 N–H and O–H groups in total. The first-order valence-electron chi connectivity index (χ1n) is 11.0. The van der Waals surface area contributed by atoms with Crippen molar-refractivity contribution >= 4 is 0 Å². The first-order valence-corrected chi connectivity index (χ1v) is 11.0. The maximum Gasteiger partial charge on any atom is 0.319 e. The van der Waals surface area contributed by atoms with Crippen molar-refractivity contribution in [1.29, 1.82) is 0 Å². The third kappa shape index (κ3) is 4.23. The van der Waals surface area contributed by atoms with E-state index in [1.165, 1.54) is 6.07 Å². The molecule has 0 spiro atoms. The first kappa shape index (κ1) is 21.9. The van der Waals surface area contributed by atoms with Crippen LogP contribution in [0, 0.1) is 23.5 Å². The number of benzene rings is 1. The SMILES string of the molecule is CCOc1ncc(C2(O)[C@@H]3CCC[C@@H]2CN(Cc2ccc(F)c(F)c2)C3)c(OCC)n1. The Morgan fingerprint density at radius 2 is 1.81 bits per heavy atom. The van der Waals surface area contributed by atoms with Gasteiger partial charge in [-0.2, -0.15) is 4.98 Å². The summed E-state index contributed by atoms with van der Waals surface area (Å²) in [6.45, 7) is 6.40. The number of piperidine rings is 1. The van der Waals surface area contributed by atoms with Crippen LogP contribution < -0.4 is 9.47 Å². The van der Waals surface area contributed by atoms with Gasteiger partial charge in [-0.3, -0.25) is 4.90 Å². The molecule has 1 aliphatic heterocycles. The van der Waals surface area contributed by atoms with Crippen LogP contribution in [0.2, 0.25) is 0 Å². The molecule has 2 aromatic rings. The highest BCUT2D eigenvalue weighted by molar-refractivity contribution is 5.34. The molecule has 1 aliphatic carbocycles. The number of hydrogen-bond acceptors (Lipinski definition) is 6. The lowest BCUT2D eigenvalue weighted by atomic mass is 9.63. The number of rotatable bonds is 7. The fraction of sp³-hybridized carbons (Fsp3) is 0.565. The topological polar surface area (TPSA) is 67.7 Å². The molecule has 1 saturated carbocycles. The average molecular weight is 433 g/mol. The molecule has 4 rings (SSSR count). The molecule has 31 heavy (non-hydrogen) atoms. The zero-order valence-corrected chi connectivity index (χ0v) is 18.0. The maximum absolute atomic E-state index is 13.6. The molecule has 6 nitrogen and oxygen atoms in total. The Morgan fingerprint density at radius 1 is 1.10 bits per heavy atom. The van der Waals surface area contributed by atoms with Crippen molar-refractivity contribution in [2.24, 2.45) is 11.8 Å². The highest BCUT2D eigenvalue weighted by atomic mass is 19.2. The highest BCUT2D eigenvalue weighted by Crippen LogP contribution is 2.51. The van der Waals surface area contributed by atoms with E-state index >= 15 is 0 Å². The minimum absolute atomic E-state index is 0.0361. The molecule has 0 amide bonds. The van der Waals surface area contributed by atoms with E-state index in [4.69, 9.17) is 9.47 Å². The summed E-state index contributed by atoms with van der Waals surface area (Å²) in [5.74, 6) is -1.38. The summed E-state index contributed by atoms with van der Waals surface area (Å²) in [5, 5.41) is 12.0. The number of aromatic nitrogens is 2. The fourth-order valence-electron chi connectivity index (χ4n) is 5.08. The van der Waals surface area contributed by atoms with Crippen LogP contribution in [-0.4, -0.2) is 46.3 Å². The van der Waals surface area contributed by atoms with Gasteiger partial charge in [0.25, 0.3) is 0 Å². The molecule has 0 radical (unpaired) electrons. The second-order valence-electron chi connectivity index (χ2n) is 8.33. The van der Waals surface area contributed by atoms with Crippen molar-refractivity contribution in [2.75, 3.05) is 26.3 Å². The minimum atomic E-state index is -1.10. The van der Waals surface area contributed by atoms with Gasteiger partial charge in [0.05, 0.1) is 18.8 Å². The van der Waals surface area contributed by atoms with Crippen molar-refractivity contribution in [2.45, 2.75) is 45.3 Å². The predicted octanol–water partition coefficient (Wildman–Crippen LogP) is 3.67. The molecule has 2 atom stereocenters. The van der Waals surface area contributed by atoms with Crippen molar-refractivity contribution in [1.82, 2.24) is 14.9 Å². The van der Waals surface area contributed by atoms with E-state index in [0.29, 0.717) is 44.3 Å². The predicted molar refractivity (Wildman–Crippen MR) is 111 cm³/mol. The number of nitrogens with zero attached hydrogens (tertiary/aromatic N) is 3. The number of likely N-dealkylation sites (tertiary alicyclic amines) is 1. The third-order valence-electron chi connectivity index (χ3n) is 6.41. The maximum atomic E-state index is 13.6. The Kier molecular flexibility index (Phi) is 6.39. The number of hydrogen-bond donors (Lipinski definition) is 1. The molecule has 0 unspecified atom stereocenters. The summed E-state index contributed by atoms with van der Waals surface area (Å²) in [6, 6.07) is 4.26. The summed E-state index contributed by atoms with van der Waals surface area (Å²) in [4.78, 5) is 10.9. The largest absolute Gasteiger partial charge is 0.478 e. The van der Waals surface area contributed by atoms with Gasteiger partial charge in [0.2, 0.25) is 5.88 Å². The van der Waals surface area contributed by atoms with Crippen molar-refractivity contribution < 1.29 is 23.4 Å². The van der Waals surface area contributed by atoms with Crippen LogP contribution in [0.4, 0.5) is 8.78 Å². The fourth-order valence-corrected chi connectivity index (χ4v) is 5.08. The lowest BCUT2D eigenvalue weighted by Gasteiger charge is -2.53. The van der Waals surface area contributed by atoms with Crippen LogP contribution in [0.15, 0.2) is 24.4 Å². The number of fused-ring (bicyclic) bond motifs is 2. The molecule has 2 heterocycles. The lowest BCUT2D eigenvalue weighted by molar-refractivity contribution is -0.150. The summed E-state index contributed by atoms with van der Waals surface area (Å²) < 4.78 is 38.1. The van der Waals surface area contributed by atoms with Gasteiger partial charge in [0.15, 0.2) is 11.6 Å². The molecule has 1 saturated heterocycles. The smallest absolute Gasteiger partial charge is 0.319 e. The van der Waals surface area contributed by atoms with Gasteiger partial charge in [0.1, 0.15) is 5.60 Å². The van der Waals surface area contributed by atoms with Crippen LogP contribution in [0.1, 0.15) is 44.2 Å². The Hall–Kier alpha value is -2.32. The monoisotopic (exact) mass is 433 g/mol. The van der Waals surface area contributed by atoms with Crippen LogP contribution in [-0.2, 0) is 12.1 Å². The molecule has 168 valence electrons. The van der Waals surface area contributed by atoms with Gasteiger partial charge in [0, 0.05) is 37.7 Å². The van der Waals surface area contributed by atoms with Gasteiger partial charge in [-0.15, -0.1) is 0 Å². The Morgan fingerprint density at radius 3 is 2.45 bits per heavy atom. The number of halogens is 2. The van der Waals surface area contributed by atoms with Gasteiger partial charge in [-0.05, 0) is 44.4 Å². The normalized spacial score (nSPS) is 26.0. The van der Waals surface area contributed by atoms with Crippen LogP contribution in [0.5, 0.6) is 11.9 Å². The van der Waals surface area contributed by atoms with E-state index in [0.717, 1.165) is 30.9 Å². The summed E-state index contributed by atoms with van der Waals surface area (Å²) in [6.07, 6.45) is 4.40. The molecule has 1 aromatic carbocycles. The second kappa shape index (κ2) is 9.04. The Labute approximate surface area is 181 Å². The summed E-state index contributed by atoms with van der Waals surface area (Å²) in [7, 11) is 0. The van der Waals surface area contributed by atoms with E-state index in [1.54, 1.807) is 12.3 Å². The van der Waals surface area contributed by atoms with Gasteiger partial charge >= 0.3 is 6.01 Å². The third-order valence-corrected chi connectivity index (χ3v) is 6.41. The first-order chi connectivity index (χ1) is 15.0. The molecule has 2 bridgehead atoms. The van der Waals surface area contributed by atoms with E-state index in [-0.39, 0.29) is 17.8 Å².